The van der Waals surface area contributed by atoms with E-state index in [1.165, 1.54) is 19.2 Å². The van der Waals surface area contributed by atoms with Crippen LogP contribution < -0.4 is 5.46 Å². The fourth-order valence-corrected chi connectivity index (χ4v) is 5.63. The Balaban J connectivity index is 1.45. The molecule has 219 valence electrons. The number of hydrogen-bond donors (Lipinski definition) is 1. The second kappa shape index (κ2) is 11.5. The van der Waals surface area contributed by atoms with Gasteiger partial charge in [-0.1, -0.05) is 36.0 Å². The molecule has 0 spiro atoms. The third-order valence-electron chi connectivity index (χ3n) is 9.33. The Kier molecular flexibility index (Phi) is 8.37. The minimum Gasteiger partial charge on any atom is -0.427 e. The highest BCUT2D eigenvalue weighted by molar-refractivity contribution is 6.47. The van der Waals surface area contributed by atoms with E-state index in [4.69, 9.17) is 9.65 Å². The molecule has 3 heterocycles. The maximum Gasteiger partial charge on any atom is 0.331 e. The largest absolute Gasteiger partial charge is 0.427 e. The van der Waals surface area contributed by atoms with Crippen molar-refractivity contribution in [2.45, 2.75) is 104 Å². The van der Waals surface area contributed by atoms with Crippen molar-refractivity contribution in [3.63, 3.8) is 0 Å². The molecule has 1 atom stereocenters. The first-order valence-electron chi connectivity index (χ1n) is 15.2. The van der Waals surface area contributed by atoms with Crippen molar-refractivity contribution >= 4 is 30.1 Å². The van der Waals surface area contributed by atoms with E-state index in [1.54, 1.807) is 33.8 Å². The smallest absolute Gasteiger partial charge is 0.331 e. The predicted molar refractivity (Wildman–Crippen MR) is 163 cm³/mol. The van der Waals surface area contributed by atoms with Gasteiger partial charge in [0.2, 0.25) is 0 Å². The van der Waals surface area contributed by atoms with Crippen LogP contribution in [0.4, 0.5) is 4.39 Å². The van der Waals surface area contributed by atoms with E-state index in [1.807, 2.05) is 23.1 Å². The number of likely N-dealkylation sites (tertiary alicyclic amines) is 1. The summed E-state index contributed by atoms with van der Waals surface area (Å²) in [6.45, 7) is 12.7. The summed E-state index contributed by atoms with van der Waals surface area (Å²) in [5, 5.41) is 10.4. The average molecular weight is 561 g/mol. The summed E-state index contributed by atoms with van der Waals surface area (Å²) in [6, 6.07) is 5.27. The normalized spacial score (nSPS) is 22.3. The highest BCUT2D eigenvalue weighted by Crippen LogP contribution is 2.43. The van der Waals surface area contributed by atoms with E-state index in [0.29, 0.717) is 22.7 Å². The number of aliphatic hydroxyl groups is 1. The summed E-state index contributed by atoms with van der Waals surface area (Å²) in [4.78, 5) is 22.9. The molecule has 3 aliphatic heterocycles. The van der Waals surface area contributed by atoms with Gasteiger partial charge in [0.15, 0.2) is 0 Å². The van der Waals surface area contributed by atoms with Crippen molar-refractivity contribution < 1.29 is 18.9 Å². The maximum absolute atomic E-state index is 15.7. The number of hydrogen-bond acceptors (Lipinski definition) is 5. The van der Waals surface area contributed by atoms with Gasteiger partial charge >= 0.3 is 7.48 Å². The molecular weight excluding hydrogens is 516 g/mol. The van der Waals surface area contributed by atoms with Gasteiger partial charge in [-0.25, -0.2) is 9.38 Å². The van der Waals surface area contributed by atoms with Gasteiger partial charge in [-0.15, -0.1) is 0 Å². The zero-order chi connectivity index (χ0) is 29.5. The highest BCUT2D eigenvalue weighted by Gasteiger charge is 2.37. The van der Waals surface area contributed by atoms with Crippen LogP contribution in [-0.2, 0) is 9.45 Å². The van der Waals surface area contributed by atoms with Crippen LogP contribution in [0.1, 0.15) is 92.1 Å². The third-order valence-corrected chi connectivity index (χ3v) is 9.33. The molecule has 1 N–H and O–H groups in total. The molecule has 2 fully saturated rings. The molecule has 1 amide bonds. The number of rotatable bonds is 7. The number of carbonyl (C=O) groups is 1. The summed E-state index contributed by atoms with van der Waals surface area (Å²) in [7, 11) is 1.50. The molecule has 1 saturated carbocycles. The van der Waals surface area contributed by atoms with E-state index in [2.05, 4.69) is 18.7 Å². The lowest BCUT2D eigenvalue weighted by Crippen LogP contribution is -2.49. The first-order chi connectivity index (χ1) is 19.4. The van der Waals surface area contributed by atoms with Crippen LogP contribution in [0.3, 0.4) is 0 Å². The van der Waals surface area contributed by atoms with Gasteiger partial charge in [0.25, 0.3) is 5.91 Å². The molecule has 41 heavy (non-hydrogen) atoms. The fraction of sp³-hybridized carbons (Fsp3) is 0.576. The van der Waals surface area contributed by atoms with Crippen LogP contribution >= 0.6 is 0 Å². The summed E-state index contributed by atoms with van der Waals surface area (Å²) in [5.74, 6) is 0.817. The predicted octanol–water partition coefficient (Wildman–Crippen LogP) is 5.50. The van der Waals surface area contributed by atoms with Crippen molar-refractivity contribution in [1.82, 2.24) is 9.80 Å². The lowest BCUT2D eigenvalue weighted by atomic mass is 9.82. The van der Waals surface area contributed by atoms with Crippen LogP contribution in [0.15, 0.2) is 52.4 Å². The summed E-state index contributed by atoms with van der Waals surface area (Å²) < 4.78 is 21.5. The SMILES string of the molecule is CC1=C(c2ccc([B]OC(C)(C)C(C)(C)O)cc2F)C=C2N=C(C(=O)N3CCCCC[C@H]3C)C=C(C3CC3)N2CC1. The number of benzene rings is 1. The zero-order valence-corrected chi connectivity index (χ0v) is 25.5. The van der Waals surface area contributed by atoms with E-state index in [-0.39, 0.29) is 17.8 Å². The van der Waals surface area contributed by atoms with Crippen molar-refractivity contribution in [3.05, 3.63) is 58.8 Å². The Hall–Kier alpha value is -2.71. The standard InChI is InChI=1S/C33H44BFN3O3/c1-21-15-17-38-29(23-11-12-23)20-28(31(39)37-16-9-7-8-10-22(37)2)36-30(38)19-26(21)25-14-13-24(18-27(25)35)34-41-33(5,6)32(3,4)40/h13-14,18-20,22-23,40H,7-12,15-17H2,1-6H3/t22-/m1/s1. The van der Waals surface area contributed by atoms with Gasteiger partial charge in [0, 0.05) is 30.4 Å². The highest BCUT2D eigenvalue weighted by atomic mass is 19.1. The minimum absolute atomic E-state index is 0.00431. The van der Waals surface area contributed by atoms with Gasteiger partial charge in [0.05, 0.1) is 11.2 Å². The van der Waals surface area contributed by atoms with Gasteiger partial charge in [-0.05, 0) is 103 Å². The molecule has 6 nitrogen and oxygen atoms in total. The number of fused-ring (bicyclic) bond motifs is 1. The van der Waals surface area contributed by atoms with Gasteiger partial charge in [0.1, 0.15) is 17.3 Å². The van der Waals surface area contributed by atoms with Crippen LogP contribution in [0, 0.1) is 11.7 Å². The lowest BCUT2D eigenvalue weighted by molar-refractivity contribution is -0.125. The van der Waals surface area contributed by atoms with Crippen molar-refractivity contribution in [1.29, 1.82) is 0 Å². The average Bonchev–Trinajstić information content (AvgIpc) is 3.77. The number of aliphatic imine (C=N–C) groups is 1. The minimum atomic E-state index is -1.07. The molecule has 0 aromatic heterocycles. The third kappa shape index (κ3) is 6.39. The lowest BCUT2D eigenvalue weighted by Gasteiger charge is -2.37. The fourth-order valence-electron chi connectivity index (χ4n) is 5.63. The molecule has 4 aliphatic rings. The Morgan fingerprint density at radius 2 is 1.85 bits per heavy atom. The molecule has 0 bridgehead atoms. The van der Waals surface area contributed by atoms with Gasteiger partial charge < -0.3 is 19.6 Å². The molecular formula is C33H44BFN3O3. The Labute approximate surface area is 245 Å². The Bertz CT molecular complexity index is 1320. The quantitative estimate of drug-likeness (QED) is 0.448. The molecule has 8 heteroatoms. The van der Waals surface area contributed by atoms with E-state index >= 15 is 4.39 Å². The molecule has 1 aliphatic carbocycles. The summed E-state index contributed by atoms with van der Waals surface area (Å²) in [6.07, 6.45) is 11.4. The Morgan fingerprint density at radius 3 is 2.54 bits per heavy atom. The molecule has 1 aromatic rings. The number of halogens is 1. The first-order valence-corrected chi connectivity index (χ1v) is 15.2. The van der Waals surface area contributed by atoms with Crippen LogP contribution in [-0.4, -0.2) is 64.3 Å². The zero-order valence-electron chi connectivity index (χ0n) is 25.5. The molecule has 1 aromatic carbocycles. The summed E-state index contributed by atoms with van der Waals surface area (Å²) in [5.41, 5.74) is 2.73. The topological polar surface area (TPSA) is 65.4 Å². The molecule has 1 radical (unpaired) electrons. The first kappa shape index (κ1) is 29.8. The van der Waals surface area contributed by atoms with E-state index < -0.39 is 11.2 Å². The van der Waals surface area contributed by atoms with Crippen molar-refractivity contribution in [2.75, 3.05) is 13.1 Å². The molecule has 5 rings (SSSR count). The van der Waals surface area contributed by atoms with Crippen molar-refractivity contribution in [3.8, 4) is 0 Å². The number of amides is 1. The van der Waals surface area contributed by atoms with Gasteiger partial charge in [-0.2, -0.15) is 0 Å². The molecule has 0 unspecified atom stereocenters. The van der Waals surface area contributed by atoms with Gasteiger partial charge in [-0.3, -0.25) is 4.79 Å². The van der Waals surface area contributed by atoms with Crippen LogP contribution in [0.5, 0.6) is 0 Å². The monoisotopic (exact) mass is 560 g/mol. The summed E-state index contributed by atoms with van der Waals surface area (Å²) >= 11 is 0. The number of carbonyl (C=O) groups excluding carboxylic acids is 1. The van der Waals surface area contributed by atoms with Crippen LogP contribution in [0.2, 0.25) is 0 Å². The van der Waals surface area contributed by atoms with Crippen molar-refractivity contribution in [2.24, 2.45) is 10.9 Å². The second-order valence-corrected chi connectivity index (χ2v) is 13.2. The molecule has 1 saturated heterocycles. The Morgan fingerprint density at radius 1 is 1.10 bits per heavy atom. The number of allylic oxidation sites excluding steroid dienone is 3. The second-order valence-electron chi connectivity index (χ2n) is 13.2. The maximum atomic E-state index is 15.7. The van der Waals surface area contributed by atoms with E-state index in [9.17, 15) is 9.90 Å². The number of nitrogens with zero attached hydrogens (tertiary/aromatic N) is 3. The van der Waals surface area contributed by atoms with E-state index in [0.717, 1.165) is 75.0 Å². The van der Waals surface area contributed by atoms with Crippen LogP contribution in [0.25, 0.3) is 5.57 Å².